The Morgan fingerprint density at radius 3 is 2.61 bits per heavy atom. The monoisotopic (exact) mass is 551 g/mol. The number of hydrogen-bond acceptors (Lipinski definition) is 5. The van der Waals surface area contributed by atoms with Crippen LogP contribution in [-0.4, -0.2) is 35.8 Å². The molecule has 0 aliphatic carbocycles. The van der Waals surface area contributed by atoms with Crippen LogP contribution in [-0.2, 0) is 11.2 Å². The van der Waals surface area contributed by atoms with E-state index >= 15 is 0 Å². The number of carbonyl (C=O) groups is 2. The maximum Gasteiger partial charge on any atom is 0.293 e. The van der Waals surface area contributed by atoms with Crippen molar-refractivity contribution in [2.75, 3.05) is 13.7 Å². The van der Waals surface area contributed by atoms with Crippen LogP contribution in [0.5, 0.6) is 11.5 Å². The van der Waals surface area contributed by atoms with E-state index in [9.17, 15) is 9.59 Å². The predicted molar refractivity (Wildman–Crippen MR) is 134 cm³/mol. The number of nitrogens with zero attached hydrogens (tertiary/aromatic N) is 1. The number of thioether (sulfide) groups is 1. The maximum absolute atomic E-state index is 12.8. The van der Waals surface area contributed by atoms with Crippen LogP contribution < -0.4 is 9.47 Å². The van der Waals surface area contributed by atoms with Gasteiger partial charge in [0.15, 0.2) is 11.5 Å². The summed E-state index contributed by atoms with van der Waals surface area (Å²) in [6, 6.07) is 13.8. The molecular weight excluding hydrogens is 525 g/mol. The summed E-state index contributed by atoms with van der Waals surface area (Å²) in [5, 5.41) is -0.220. The molecule has 7 heteroatoms. The number of methoxy groups -OCH3 is 1. The Morgan fingerprint density at radius 2 is 1.94 bits per heavy atom. The van der Waals surface area contributed by atoms with E-state index in [0.717, 1.165) is 40.2 Å². The van der Waals surface area contributed by atoms with Crippen LogP contribution in [0.15, 0.2) is 47.4 Å². The highest BCUT2D eigenvalue weighted by molar-refractivity contribution is 14.1. The first-order valence-electron chi connectivity index (χ1n) is 10.3. The topological polar surface area (TPSA) is 55.8 Å². The zero-order valence-corrected chi connectivity index (χ0v) is 20.9. The van der Waals surface area contributed by atoms with Crippen LogP contribution in [0.25, 0.3) is 6.08 Å². The standard InChI is InChI=1S/C24H26INO4S/c1-4-16(2)30-22-19(25)13-18(14-20(22)29-3)15-21-23(27)26(24(28)31-21)12-8-11-17-9-6-5-7-10-17/h5-7,9-10,13-16H,4,8,11-12H2,1-3H3/b21-15+/t16-/m1/s1. The number of amides is 2. The lowest BCUT2D eigenvalue weighted by molar-refractivity contribution is -0.122. The Kier molecular flexibility index (Phi) is 8.43. The van der Waals surface area contributed by atoms with Gasteiger partial charge < -0.3 is 9.47 Å². The quantitative estimate of drug-likeness (QED) is 0.277. The molecule has 1 aliphatic rings. The molecule has 0 spiro atoms. The Labute approximate surface area is 201 Å². The van der Waals surface area contributed by atoms with Gasteiger partial charge in [-0.05, 0) is 89.9 Å². The van der Waals surface area contributed by atoms with E-state index in [2.05, 4.69) is 41.6 Å². The highest BCUT2D eigenvalue weighted by Gasteiger charge is 2.34. The van der Waals surface area contributed by atoms with Gasteiger partial charge in [0, 0.05) is 6.54 Å². The minimum absolute atomic E-state index is 0.0700. The van der Waals surface area contributed by atoms with E-state index in [1.807, 2.05) is 37.3 Å². The smallest absolute Gasteiger partial charge is 0.293 e. The molecule has 1 saturated heterocycles. The molecule has 0 radical (unpaired) electrons. The Morgan fingerprint density at radius 1 is 1.19 bits per heavy atom. The summed E-state index contributed by atoms with van der Waals surface area (Å²) >= 11 is 3.19. The average Bonchev–Trinajstić information content (AvgIpc) is 3.03. The molecule has 0 saturated carbocycles. The average molecular weight is 551 g/mol. The Hall–Kier alpha value is -2.00. The van der Waals surface area contributed by atoms with Crippen molar-refractivity contribution in [1.82, 2.24) is 4.90 Å². The fourth-order valence-electron chi connectivity index (χ4n) is 3.15. The van der Waals surface area contributed by atoms with E-state index in [4.69, 9.17) is 9.47 Å². The summed E-state index contributed by atoms with van der Waals surface area (Å²) < 4.78 is 12.4. The van der Waals surface area contributed by atoms with E-state index < -0.39 is 0 Å². The SMILES string of the molecule is CC[C@@H](C)Oc1c(I)cc(/C=C2/SC(=O)N(CCCc3ccccc3)C2=O)cc1OC. The van der Waals surface area contributed by atoms with Gasteiger partial charge in [0.1, 0.15) is 0 Å². The number of carbonyl (C=O) groups excluding carboxylic acids is 2. The molecule has 0 aromatic heterocycles. The minimum Gasteiger partial charge on any atom is -0.493 e. The lowest BCUT2D eigenvalue weighted by atomic mass is 10.1. The molecule has 3 rings (SSSR count). The van der Waals surface area contributed by atoms with Crippen LogP contribution >= 0.6 is 34.4 Å². The van der Waals surface area contributed by atoms with Gasteiger partial charge in [0.05, 0.1) is 21.7 Å². The molecule has 1 aliphatic heterocycles. The first-order valence-corrected chi connectivity index (χ1v) is 12.2. The van der Waals surface area contributed by atoms with E-state index in [1.54, 1.807) is 13.2 Å². The summed E-state index contributed by atoms with van der Waals surface area (Å²) in [6.07, 6.45) is 4.27. The Bertz CT molecular complexity index is 977. The van der Waals surface area contributed by atoms with Crippen molar-refractivity contribution in [1.29, 1.82) is 0 Å². The normalized spacial score (nSPS) is 16.1. The van der Waals surface area contributed by atoms with Crippen LogP contribution in [0.3, 0.4) is 0 Å². The summed E-state index contributed by atoms with van der Waals surface area (Å²) in [4.78, 5) is 27.0. The number of imide groups is 1. The van der Waals surface area contributed by atoms with Crippen molar-refractivity contribution in [3.63, 3.8) is 0 Å². The van der Waals surface area contributed by atoms with Crippen LogP contribution in [0.1, 0.15) is 37.8 Å². The third-order valence-corrected chi connectivity index (χ3v) is 6.72. The first-order chi connectivity index (χ1) is 14.9. The van der Waals surface area contributed by atoms with Crippen LogP contribution in [0.2, 0.25) is 0 Å². The van der Waals surface area contributed by atoms with Crippen molar-refractivity contribution in [3.05, 3.63) is 62.1 Å². The highest BCUT2D eigenvalue weighted by Crippen LogP contribution is 2.38. The summed E-state index contributed by atoms with van der Waals surface area (Å²) in [6.45, 7) is 4.49. The highest BCUT2D eigenvalue weighted by atomic mass is 127. The molecule has 1 atom stereocenters. The molecule has 2 amide bonds. The largest absolute Gasteiger partial charge is 0.493 e. The second-order valence-corrected chi connectivity index (χ2v) is 9.45. The van der Waals surface area contributed by atoms with Crippen LogP contribution in [0.4, 0.5) is 4.79 Å². The van der Waals surface area contributed by atoms with Crippen molar-refractivity contribution in [2.45, 2.75) is 39.2 Å². The van der Waals surface area contributed by atoms with Gasteiger partial charge in [-0.2, -0.15) is 0 Å². The lowest BCUT2D eigenvalue weighted by Crippen LogP contribution is -2.29. The van der Waals surface area contributed by atoms with Gasteiger partial charge in [0.2, 0.25) is 0 Å². The molecule has 0 N–H and O–H groups in total. The minimum atomic E-state index is -0.239. The zero-order chi connectivity index (χ0) is 22.4. The molecule has 5 nitrogen and oxygen atoms in total. The van der Waals surface area contributed by atoms with Gasteiger partial charge in [-0.1, -0.05) is 37.3 Å². The number of halogens is 1. The molecular formula is C24H26INO4S. The number of hydrogen-bond donors (Lipinski definition) is 0. The van der Waals surface area contributed by atoms with Crippen molar-refractivity contribution >= 4 is 51.6 Å². The second kappa shape index (κ2) is 11.0. The predicted octanol–water partition coefficient (Wildman–Crippen LogP) is 6.15. The molecule has 0 bridgehead atoms. The van der Waals surface area contributed by atoms with Gasteiger partial charge in [-0.25, -0.2) is 0 Å². The van der Waals surface area contributed by atoms with Gasteiger partial charge in [0.25, 0.3) is 11.1 Å². The molecule has 1 heterocycles. The lowest BCUT2D eigenvalue weighted by Gasteiger charge is -2.17. The fraction of sp³-hybridized carbons (Fsp3) is 0.333. The fourth-order valence-corrected chi connectivity index (χ4v) is 4.77. The summed E-state index contributed by atoms with van der Waals surface area (Å²) in [7, 11) is 1.60. The zero-order valence-electron chi connectivity index (χ0n) is 17.9. The molecule has 2 aromatic rings. The molecule has 31 heavy (non-hydrogen) atoms. The summed E-state index contributed by atoms with van der Waals surface area (Å²) in [5.41, 5.74) is 2.00. The number of benzene rings is 2. The Balaban J connectivity index is 1.72. The van der Waals surface area contributed by atoms with Gasteiger partial charge in [-0.15, -0.1) is 0 Å². The van der Waals surface area contributed by atoms with Gasteiger partial charge in [-0.3, -0.25) is 14.5 Å². The van der Waals surface area contributed by atoms with Crippen molar-refractivity contribution in [2.24, 2.45) is 0 Å². The second-order valence-electron chi connectivity index (χ2n) is 7.29. The molecule has 164 valence electrons. The number of ether oxygens (including phenoxy) is 2. The number of rotatable bonds is 9. The third-order valence-electron chi connectivity index (χ3n) is 5.01. The van der Waals surface area contributed by atoms with Crippen LogP contribution in [0, 0.1) is 3.57 Å². The third kappa shape index (κ3) is 6.04. The molecule has 0 unspecified atom stereocenters. The maximum atomic E-state index is 12.8. The van der Waals surface area contributed by atoms with E-state index in [0.29, 0.717) is 22.9 Å². The van der Waals surface area contributed by atoms with Crippen molar-refractivity contribution < 1.29 is 19.1 Å². The number of aryl methyl sites for hydroxylation is 1. The first kappa shape index (κ1) is 23.7. The summed E-state index contributed by atoms with van der Waals surface area (Å²) in [5.74, 6) is 1.07. The van der Waals surface area contributed by atoms with E-state index in [-0.39, 0.29) is 17.3 Å². The van der Waals surface area contributed by atoms with E-state index in [1.165, 1.54) is 10.5 Å². The van der Waals surface area contributed by atoms with Gasteiger partial charge >= 0.3 is 0 Å². The van der Waals surface area contributed by atoms with Crippen molar-refractivity contribution in [3.8, 4) is 11.5 Å². The molecule has 1 fully saturated rings. The molecule has 2 aromatic carbocycles.